The molecule has 0 saturated carbocycles. The minimum absolute atomic E-state index is 0.180. The molecule has 1 aliphatic rings. The summed E-state index contributed by atoms with van der Waals surface area (Å²) < 4.78 is 5.31. The van der Waals surface area contributed by atoms with Gasteiger partial charge in [-0.15, -0.1) is 0 Å². The van der Waals surface area contributed by atoms with Crippen LogP contribution in [0.3, 0.4) is 0 Å². The summed E-state index contributed by atoms with van der Waals surface area (Å²) in [5, 5.41) is 19.3. The molecule has 0 spiro atoms. The van der Waals surface area contributed by atoms with Crippen LogP contribution >= 0.6 is 0 Å². The molecule has 3 heterocycles. The van der Waals surface area contributed by atoms with Gasteiger partial charge in [-0.2, -0.15) is 5.26 Å². The third-order valence-corrected chi connectivity index (χ3v) is 4.29. The first-order valence-electron chi connectivity index (χ1n) is 7.98. The van der Waals surface area contributed by atoms with Gasteiger partial charge in [-0.25, -0.2) is 9.97 Å². The molecule has 1 fully saturated rings. The van der Waals surface area contributed by atoms with E-state index in [0.29, 0.717) is 17.9 Å². The Balaban J connectivity index is 1.78. The molecule has 0 radical (unpaired) electrons. The van der Waals surface area contributed by atoms with Crippen LogP contribution in [0.2, 0.25) is 0 Å². The molecule has 3 rings (SSSR count). The third kappa shape index (κ3) is 3.69. The number of aliphatic hydroxyl groups is 1. The molecule has 0 bridgehead atoms. The summed E-state index contributed by atoms with van der Waals surface area (Å²) in [6.45, 7) is 0.885. The molecular weight excluding hydrogens is 292 g/mol. The van der Waals surface area contributed by atoms with E-state index in [0.717, 1.165) is 31.6 Å². The van der Waals surface area contributed by atoms with E-state index >= 15 is 0 Å². The molecule has 0 aliphatic carbocycles. The largest absolute Gasteiger partial charge is 0.467 e. The van der Waals surface area contributed by atoms with Crippen molar-refractivity contribution in [1.82, 2.24) is 9.97 Å². The van der Waals surface area contributed by atoms with E-state index in [2.05, 4.69) is 14.9 Å². The SMILES string of the molecule is N#Cc1cnc(N2CCCCCC2CC(O)c2ccco2)cn1. The number of nitriles is 1. The quantitative estimate of drug-likeness (QED) is 0.934. The summed E-state index contributed by atoms with van der Waals surface area (Å²) in [5.41, 5.74) is 0.316. The first-order valence-corrected chi connectivity index (χ1v) is 7.98. The second kappa shape index (κ2) is 7.25. The molecule has 0 amide bonds. The molecule has 120 valence electrons. The lowest BCUT2D eigenvalue weighted by Gasteiger charge is -2.32. The van der Waals surface area contributed by atoms with Crippen LogP contribution in [-0.2, 0) is 0 Å². The lowest BCUT2D eigenvalue weighted by molar-refractivity contribution is 0.129. The topological polar surface area (TPSA) is 86.2 Å². The zero-order valence-corrected chi connectivity index (χ0v) is 12.9. The zero-order valence-electron chi connectivity index (χ0n) is 12.9. The number of aliphatic hydroxyl groups excluding tert-OH is 1. The maximum atomic E-state index is 10.4. The van der Waals surface area contributed by atoms with Crippen LogP contribution in [0.1, 0.15) is 49.7 Å². The summed E-state index contributed by atoms with van der Waals surface area (Å²) in [6.07, 6.45) is 9.10. The summed E-state index contributed by atoms with van der Waals surface area (Å²) in [4.78, 5) is 10.7. The van der Waals surface area contributed by atoms with Crippen molar-refractivity contribution in [1.29, 1.82) is 5.26 Å². The smallest absolute Gasteiger partial charge is 0.158 e. The maximum absolute atomic E-state index is 10.4. The Kier molecular flexibility index (Phi) is 4.89. The van der Waals surface area contributed by atoms with Crippen LogP contribution in [0.15, 0.2) is 35.2 Å². The highest BCUT2D eigenvalue weighted by Gasteiger charge is 2.26. The number of furan rings is 1. The normalized spacial score (nSPS) is 19.8. The molecule has 6 heteroatoms. The Hall–Kier alpha value is -2.39. The van der Waals surface area contributed by atoms with Crippen LogP contribution in [0.4, 0.5) is 5.82 Å². The molecule has 0 aromatic carbocycles. The summed E-state index contributed by atoms with van der Waals surface area (Å²) in [5.74, 6) is 1.36. The van der Waals surface area contributed by atoms with Gasteiger partial charge in [0.05, 0.1) is 18.7 Å². The van der Waals surface area contributed by atoms with Crippen LogP contribution in [0.25, 0.3) is 0 Å². The van der Waals surface area contributed by atoms with E-state index in [1.165, 1.54) is 12.6 Å². The van der Waals surface area contributed by atoms with Crippen molar-refractivity contribution in [3.63, 3.8) is 0 Å². The molecule has 1 N–H and O–H groups in total. The van der Waals surface area contributed by atoms with Crippen molar-refractivity contribution >= 4 is 5.82 Å². The fraction of sp³-hybridized carbons (Fsp3) is 0.471. The molecule has 1 saturated heterocycles. The molecule has 6 nitrogen and oxygen atoms in total. The summed E-state index contributed by atoms with van der Waals surface area (Å²) >= 11 is 0. The first kappa shape index (κ1) is 15.5. The number of nitrogens with zero attached hydrogens (tertiary/aromatic N) is 4. The van der Waals surface area contributed by atoms with Crippen molar-refractivity contribution in [2.75, 3.05) is 11.4 Å². The van der Waals surface area contributed by atoms with E-state index in [9.17, 15) is 5.11 Å². The van der Waals surface area contributed by atoms with Crippen molar-refractivity contribution in [2.45, 2.75) is 44.2 Å². The Labute approximate surface area is 135 Å². The average molecular weight is 312 g/mol. The molecule has 2 aromatic rings. The number of hydrogen-bond acceptors (Lipinski definition) is 6. The third-order valence-electron chi connectivity index (χ3n) is 4.29. The predicted molar refractivity (Wildman–Crippen MR) is 84.6 cm³/mol. The van der Waals surface area contributed by atoms with Gasteiger partial charge < -0.3 is 14.4 Å². The van der Waals surface area contributed by atoms with Gasteiger partial charge in [0.1, 0.15) is 23.8 Å². The Morgan fingerprint density at radius 1 is 1.35 bits per heavy atom. The van der Waals surface area contributed by atoms with Crippen LogP contribution in [-0.4, -0.2) is 27.7 Å². The fourth-order valence-corrected chi connectivity index (χ4v) is 3.11. The Morgan fingerprint density at radius 3 is 2.96 bits per heavy atom. The van der Waals surface area contributed by atoms with Crippen molar-refractivity contribution in [2.24, 2.45) is 0 Å². The van der Waals surface area contributed by atoms with E-state index in [-0.39, 0.29) is 6.04 Å². The van der Waals surface area contributed by atoms with Gasteiger partial charge in [0.15, 0.2) is 5.69 Å². The van der Waals surface area contributed by atoms with Gasteiger partial charge in [-0.3, -0.25) is 0 Å². The van der Waals surface area contributed by atoms with Gasteiger partial charge in [-0.1, -0.05) is 12.8 Å². The average Bonchev–Trinajstić information content (AvgIpc) is 3.03. The van der Waals surface area contributed by atoms with Gasteiger partial charge >= 0.3 is 0 Å². The number of rotatable bonds is 4. The van der Waals surface area contributed by atoms with Crippen molar-refractivity contribution in [3.8, 4) is 6.07 Å². The number of anilines is 1. The first-order chi connectivity index (χ1) is 11.3. The van der Waals surface area contributed by atoms with Crippen LogP contribution in [0, 0.1) is 11.3 Å². The molecule has 2 aromatic heterocycles. The molecule has 23 heavy (non-hydrogen) atoms. The summed E-state index contributed by atoms with van der Waals surface area (Å²) in [7, 11) is 0. The molecule has 2 unspecified atom stereocenters. The monoisotopic (exact) mass is 312 g/mol. The van der Waals surface area contributed by atoms with Gasteiger partial charge in [0.25, 0.3) is 0 Å². The van der Waals surface area contributed by atoms with Gasteiger partial charge in [-0.05, 0) is 25.0 Å². The van der Waals surface area contributed by atoms with Crippen LogP contribution < -0.4 is 4.90 Å². The highest BCUT2D eigenvalue weighted by Crippen LogP contribution is 2.29. The lowest BCUT2D eigenvalue weighted by atomic mass is 10.0. The highest BCUT2D eigenvalue weighted by atomic mass is 16.4. The van der Waals surface area contributed by atoms with E-state index in [1.807, 2.05) is 6.07 Å². The predicted octanol–water partition coefficient (Wildman–Crippen LogP) is 2.81. The molecule has 1 aliphatic heterocycles. The van der Waals surface area contributed by atoms with Gasteiger partial charge in [0, 0.05) is 19.0 Å². The minimum Gasteiger partial charge on any atom is -0.467 e. The highest BCUT2D eigenvalue weighted by molar-refractivity contribution is 5.39. The molecular formula is C17H20N4O2. The molecule has 2 atom stereocenters. The van der Waals surface area contributed by atoms with E-state index < -0.39 is 6.10 Å². The standard InChI is InChI=1S/C17H20N4O2/c18-10-13-11-20-17(12-19-13)21-7-3-1-2-5-14(21)9-15(22)16-6-4-8-23-16/h4,6,8,11-12,14-15,22H,1-3,5,7,9H2. The second-order valence-electron chi connectivity index (χ2n) is 5.84. The summed E-state index contributed by atoms with van der Waals surface area (Å²) in [6, 6.07) is 5.75. The maximum Gasteiger partial charge on any atom is 0.158 e. The minimum atomic E-state index is -0.623. The Bertz CT molecular complexity index is 648. The van der Waals surface area contributed by atoms with Crippen LogP contribution in [0.5, 0.6) is 0 Å². The van der Waals surface area contributed by atoms with Gasteiger partial charge in [0.2, 0.25) is 0 Å². The lowest BCUT2D eigenvalue weighted by Crippen LogP contribution is -2.36. The number of hydrogen-bond donors (Lipinski definition) is 1. The zero-order chi connectivity index (χ0) is 16.1. The van der Waals surface area contributed by atoms with E-state index in [1.54, 1.807) is 24.6 Å². The fourth-order valence-electron chi connectivity index (χ4n) is 3.11. The van der Waals surface area contributed by atoms with E-state index in [4.69, 9.17) is 9.68 Å². The number of aromatic nitrogens is 2. The Morgan fingerprint density at radius 2 is 2.26 bits per heavy atom. The van der Waals surface area contributed by atoms with Crippen molar-refractivity contribution in [3.05, 3.63) is 42.2 Å². The second-order valence-corrected chi connectivity index (χ2v) is 5.84. The van der Waals surface area contributed by atoms with Crippen molar-refractivity contribution < 1.29 is 9.52 Å².